The van der Waals surface area contributed by atoms with Crippen LogP contribution in [0.3, 0.4) is 0 Å². The van der Waals surface area contributed by atoms with Gasteiger partial charge in [-0.15, -0.1) is 11.3 Å². The van der Waals surface area contributed by atoms with E-state index in [2.05, 4.69) is 47.6 Å². The number of aliphatic hydroxyl groups is 2. The lowest BCUT2D eigenvalue weighted by atomic mass is 10.1. The molecule has 0 aromatic carbocycles. The zero-order chi connectivity index (χ0) is 19.2. The van der Waals surface area contributed by atoms with Crippen molar-refractivity contribution >= 4 is 11.3 Å². The molecule has 26 heavy (non-hydrogen) atoms. The van der Waals surface area contributed by atoms with Crippen molar-refractivity contribution in [2.75, 3.05) is 32.8 Å². The second-order valence-electron chi connectivity index (χ2n) is 7.75. The number of piperazine rings is 1. The van der Waals surface area contributed by atoms with Crippen molar-refractivity contribution in [1.29, 1.82) is 0 Å². The molecule has 1 aromatic rings. The van der Waals surface area contributed by atoms with Crippen molar-refractivity contribution in [3.05, 3.63) is 33.5 Å². The van der Waals surface area contributed by atoms with Gasteiger partial charge in [0.2, 0.25) is 0 Å². The van der Waals surface area contributed by atoms with Crippen LogP contribution in [0.2, 0.25) is 0 Å². The molecule has 0 radical (unpaired) electrons. The molecule has 4 nitrogen and oxygen atoms in total. The number of hydrogen-bond donors (Lipinski definition) is 2. The van der Waals surface area contributed by atoms with E-state index in [1.54, 1.807) is 25.2 Å². The summed E-state index contributed by atoms with van der Waals surface area (Å²) in [6, 6.07) is 4.57. The maximum absolute atomic E-state index is 9.72. The summed E-state index contributed by atoms with van der Waals surface area (Å²) in [5.41, 5.74) is 0.386. The Hall–Kier alpha value is -1.16. The van der Waals surface area contributed by atoms with E-state index in [-0.39, 0.29) is 6.61 Å². The summed E-state index contributed by atoms with van der Waals surface area (Å²) in [6.45, 7) is 12.9. The van der Waals surface area contributed by atoms with Crippen molar-refractivity contribution in [3.8, 4) is 11.8 Å². The van der Waals surface area contributed by atoms with Crippen molar-refractivity contribution in [3.63, 3.8) is 0 Å². The van der Waals surface area contributed by atoms with Gasteiger partial charge in [-0.25, -0.2) is 0 Å². The summed E-state index contributed by atoms with van der Waals surface area (Å²) in [7, 11) is 0. The average molecular weight is 377 g/mol. The van der Waals surface area contributed by atoms with Crippen LogP contribution in [-0.4, -0.2) is 64.4 Å². The molecule has 0 amide bonds. The van der Waals surface area contributed by atoms with Crippen molar-refractivity contribution < 1.29 is 10.2 Å². The van der Waals surface area contributed by atoms with E-state index in [4.69, 9.17) is 0 Å². The minimum absolute atomic E-state index is 0.236. The van der Waals surface area contributed by atoms with Gasteiger partial charge in [0, 0.05) is 50.2 Å². The van der Waals surface area contributed by atoms with E-state index < -0.39 is 5.60 Å². The molecule has 1 aliphatic rings. The molecule has 1 aliphatic heterocycles. The Morgan fingerprint density at radius 3 is 2.77 bits per heavy atom. The van der Waals surface area contributed by atoms with Gasteiger partial charge in [0.25, 0.3) is 0 Å². The van der Waals surface area contributed by atoms with Crippen LogP contribution in [0.1, 0.15) is 43.9 Å². The van der Waals surface area contributed by atoms with Gasteiger partial charge in [-0.05, 0) is 46.2 Å². The predicted octanol–water partition coefficient (Wildman–Crippen LogP) is 2.71. The van der Waals surface area contributed by atoms with Gasteiger partial charge in [0.05, 0.1) is 4.88 Å². The van der Waals surface area contributed by atoms with Gasteiger partial charge >= 0.3 is 0 Å². The highest BCUT2D eigenvalue weighted by molar-refractivity contribution is 7.12. The molecule has 0 saturated carbocycles. The van der Waals surface area contributed by atoms with Gasteiger partial charge in [-0.3, -0.25) is 9.80 Å². The number of nitrogens with zero attached hydrogens (tertiary/aromatic N) is 2. The summed E-state index contributed by atoms with van der Waals surface area (Å²) >= 11 is 1.70. The quantitative estimate of drug-likeness (QED) is 0.592. The van der Waals surface area contributed by atoms with E-state index in [1.165, 1.54) is 10.5 Å². The molecular weight excluding hydrogens is 344 g/mol. The smallest absolute Gasteiger partial charge is 0.120 e. The Labute approximate surface area is 162 Å². The van der Waals surface area contributed by atoms with Crippen molar-refractivity contribution in [1.82, 2.24) is 9.80 Å². The summed E-state index contributed by atoms with van der Waals surface area (Å²) in [6.07, 6.45) is 3.09. The van der Waals surface area contributed by atoms with Gasteiger partial charge in [-0.2, -0.15) is 0 Å². The third-order valence-corrected chi connectivity index (χ3v) is 5.40. The Morgan fingerprint density at radius 2 is 2.12 bits per heavy atom. The Balaban J connectivity index is 1.95. The third-order valence-electron chi connectivity index (χ3n) is 4.42. The largest absolute Gasteiger partial charge is 0.396 e. The number of rotatable bonds is 6. The van der Waals surface area contributed by atoms with E-state index in [1.807, 2.05) is 6.07 Å². The molecule has 2 N–H and O–H groups in total. The lowest BCUT2D eigenvalue weighted by Crippen LogP contribution is -2.52. The highest BCUT2D eigenvalue weighted by Gasteiger charge is 2.26. The van der Waals surface area contributed by atoms with Crippen LogP contribution in [-0.2, 0) is 6.54 Å². The molecule has 0 unspecified atom stereocenters. The van der Waals surface area contributed by atoms with Crippen LogP contribution in [0, 0.1) is 11.8 Å². The maximum atomic E-state index is 9.72. The van der Waals surface area contributed by atoms with Gasteiger partial charge in [-0.1, -0.05) is 23.5 Å². The van der Waals surface area contributed by atoms with E-state index in [0.717, 1.165) is 44.0 Å². The van der Waals surface area contributed by atoms with E-state index in [9.17, 15) is 10.2 Å². The Bertz CT molecular complexity index is 660. The van der Waals surface area contributed by atoms with Gasteiger partial charge < -0.3 is 10.2 Å². The fraction of sp³-hybridized carbons (Fsp3) is 0.619. The number of aliphatic hydroxyl groups excluding tert-OH is 1. The molecule has 0 bridgehead atoms. The van der Waals surface area contributed by atoms with Crippen LogP contribution < -0.4 is 0 Å². The first kappa shape index (κ1) is 21.1. The Kier molecular flexibility index (Phi) is 7.87. The molecule has 5 heteroatoms. The fourth-order valence-electron chi connectivity index (χ4n) is 3.03. The summed E-state index contributed by atoms with van der Waals surface area (Å²) in [5, 5.41) is 19.1. The SMILES string of the molecule is CC(C)=CCN1CCN(Cc2ccc(C#CC(C)(C)O)s2)C[C@H]1CCO. The molecule has 2 heterocycles. The summed E-state index contributed by atoms with van der Waals surface area (Å²) < 4.78 is 0. The first-order chi connectivity index (χ1) is 12.3. The first-order valence-corrected chi connectivity index (χ1v) is 10.1. The molecule has 1 atom stereocenters. The van der Waals surface area contributed by atoms with Crippen molar-refractivity contribution in [2.24, 2.45) is 0 Å². The highest BCUT2D eigenvalue weighted by atomic mass is 32.1. The topological polar surface area (TPSA) is 46.9 Å². The fourth-order valence-corrected chi connectivity index (χ4v) is 3.93. The lowest BCUT2D eigenvalue weighted by molar-refractivity contribution is 0.0642. The van der Waals surface area contributed by atoms with E-state index >= 15 is 0 Å². The molecule has 1 fully saturated rings. The molecule has 2 rings (SSSR count). The van der Waals surface area contributed by atoms with Crippen LogP contribution in [0.4, 0.5) is 0 Å². The number of hydrogen-bond acceptors (Lipinski definition) is 5. The Morgan fingerprint density at radius 1 is 1.35 bits per heavy atom. The zero-order valence-corrected chi connectivity index (χ0v) is 17.3. The second kappa shape index (κ2) is 9.68. The minimum Gasteiger partial charge on any atom is -0.396 e. The molecule has 0 spiro atoms. The second-order valence-corrected chi connectivity index (χ2v) is 8.92. The van der Waals surface area contributed by atoms with Crippen LogP contribution in [0.5, 0.6) is 0 Å². The minimum atomic E-state index is -0.955. The highest BCUT2D eigenvalue weighted by Crippen LogP contribution is 2.21. The summed E-state index contributed by atoms with van der Waals surface area (Å²) in [4.78, 5) is 7.24. The van der Waals surface area contributed by atoms with Crippen LogP contribution in [0.15, 0.2) is 23.8 Å². The van der Waals surface area contributed by atoms with Gasteiger partial charge in [0.15, 0.2) is 0 Å². The monoisotopic (exact) mass is 376 g/mol. The number of thiophene rings is 1. The number of allylic oxidation sites excluding steroid dienone is 1. The van der Waals surface area contributed by atoms with Crippen LogP contribution >= 0.6 is 11.3 Å². The maximum Gasteiger partial charge on any atom is 0.120 e. The summed E-state index contributed by atoms with van der Waals surface area (Å²) in [5.74, 6) is 5.93. The normalized spacial score (nSPS) is 19.1. The van der Waals surface area contributed by atoms with Crippen LogP contribution in [0.25, 0.3) is 0 Å². The lowest BCUT2D eigenvalue weighted by Gasteiger charge is -2.41. The van der Waals surface area contributed by atoms with E-state index in [0.29, 0.717) is 6.04 Å². The van der Waals surface area contributed by atoms with Crippen molar-refractivity contribution in [2.45, 2.75) is 52.3 Å². The molecule has 1 aromatic heterocycles. The molecular formula is C21H32N2O2S. The third kappa shape index (κ3) is 7.22. The molecule has 144 valence electrons. The first-order valence-electron chi connectivity index (χ1n) is 9.32. The molecule has 1 saturated heterocycles. The standard InChI is InChI=1S/C21H32N2O2S/c1-17(2)8-11-23-13-12-22(15-18(23)9-14-24)16-20-6-5-19(26-20)7-10-21(3,4)25/h5-6,8,18,24-25H,9,11-16H2,1-4H3/t18-/m1/s1. The predicted molar refractivity (Wildman–Crippen MR) is 109 cm³/mol. The molecule has 0 aliphatic carbocycles. The average Bonchev–Trinajstić information content (AvgIpc) is 2.99. The zero-order valence-electron chi connectivity index (χ0n) is 16.5. The van der Waals surface area contributed by atoms with Gasteiger partial charge in [0.1, 0.15) is 5.60 Å².